The summed E-state index contributed by atoms with van der Waals surface area (Å²) < 4.78 is 4.89. The maximum Gasteiger partial charge on any atom is 0.0798 e. The SMILES string of the molecule is CC(C)Cc1cc(-c2[c-]cccc2)ncc1[Si](C)(C)C.[Ir].[c-]1ccc2c(sc3ccccc32)c1-c1nc2cc3ccccc3cc2n1Cc1ccccc1. The van der Waals surface area contributed by atoms with Crippen LogP contribution in [0.3, 0.4) is 0 Å². The third-order valence-corrected chi connectivity index (χ3v) is 13.0. The first-order valence-corrected chi connectivity index (χ1v) is 22.8. The molecule has 0 atom stereocenters. The molecule has 1 radical (unpaired) electrons. The van der Waals surface area contributed by atoms with Crippen LogP contribution in [0.15, 0.2) is 140 Å². The molecule has 9 rings (SSSR count). The first kappa shape index (κ1) is 37.6. The van der Waals surface area contributed by atoms with Gasteiger partial charge in [0, 0.05) is 37.5 Å². The van der Waals surface area contributed by atoms with Crippen molar-refractivity contribution in [2.45, 2.75) is 46.5 Å². The van der Waals surface area contributed by atoms with E-state index in [-0.39, 0.29) is 20.1 Å². The van der Waals surface area contributed by atoms with Crippen molar-refractivity contribution >= 4 is 66.6 Å². The zero-order chi connectivity index (χ0) is 36.5. The van der Waals surface area contributed by atoms with Crippen molar-refractivity contribution in [1.82, 2.24) is 14.5 Å². The fourth-order valence-electron chi connectivity index (χ4n) is 7.27. The largest absolute Gasteiger partial charge is 0.360 e. The first-order valence-electron chi connectivity index (χ1n) is 18.4. The Bertz CT molecular complexity index is 2690. The van der Waals surface area contributed by atoms with E-state index in [1.165, 1.54) is 47.3 Å². The summed E-state index contributed by atoms with van der Waals surface area (Å²) in [6.07, 6.45) is 3.24. The summed E-state index contributed by atoms with van der Waals surface area (Å²) in [6, 6.07) is 53.6. The van der Waals surface area contributed by atoms with Gasteiger partial charge in [0.15, 0.2) is 0 Å². The summed E-state index contributed by atoms with van der Waals surface area (Å²) >= 11 is 1.83. The minimum Gasteiger partial charge on any atom is -0.360 e. The molecule has 0 bridgehead atoms. The number of aromatic nitrogens is 3. The summed E-state index contributed by atoms with van der Waals surface area (Å²) in [4.78, 5) is 9.87. The molecule has 0 saturated heterocycles. The molecule has 0 unspecified atom stereocenters. The van der Waals surface area contributed by atoms with Crippen LogP contribution in [0.2, 0.25) is 19.6 Å². The van der Waals surface area contributed by atoms with Gasteiger partial charge in [0.25, 0.3) is 0 Å². The summed E-state index contributed by atoms with van der Waals surface area (Å²) in [5, 5.41) is 6.50. The minimum absolute atomic E-state index is 0. The number of rotatable bonds is 7. The zero-order valence-corrected chi connectivity index (χ0v) is 35.6. The number of pyridine rings is 1. The molecule has 0 fully saturated rings. The smallest absolute Gasteiger partial charge is 0.0798 e. The van der Waals surface area contributed by atoms with Gasteiger partial charge in [-0.2, -0.15) is 11.3 Å². The van der Waals surface area contributed by atoms with Crippen LogP contribution in [0.4, 0.5) is 0 Å². The number of hydrogen-bond donors (Lipinski definition) is 0. The molecule has 6 heteroatoms. The van der Waals surface area contributed by atoms with Crippen LogP contribution in [0.25, 0.3) is 64.6 Å². The Morgan fingerprint density at radius 2 is 1.46 bits per heavy atom. The van der Waals surface area contributed by atoms with Crippen molar-refractivity contribution < 1.29 is 20.1 Å². The molecule has 9 aromatic rings. The Labute approximate surface area is 337 Å². The number of nitrogens with zero attached hydrogens (tertiary/aromatic N) is 3. The quantitative estimate of drug-likeness (QED) is 0.118. The molecule has 0 saturated carbocycles. The van der Waals surface area contributed by atoms with Crippen molar-refractivity contribution in [2.24, 2.45) is 5.92 Å². The van der Waals surface area contributed by atoms with Crippen LogP contribution in [-0.2, 0) is 33.1 Å². The second-order valence-corrected chi connectivity index (χ2v) is 21.3. The van der Waals surface area contributed by atoms with E-state index in [4.69, 9.17) is 4.98 Å². The molecule has 3 nitrogen and oxygen atoms in total. The van der Waals surface area contributed by atoms with Gasteiger partial charge < -0.3 is 9.55 Å². The van der Waals surface area contributed by atoms with Gasteiger partial charge in [-0.1, -0.05) is 129 Å². The van der Waals surface area contributed by atoms with Crippen LogP contribution >= 0.6 is 11.3 Å². The van der Waals surface area contributed by atoms with Gasteiger partial charge in [0.2, 0.25) is 0 Å². The van der Waals surface area contributed by atoms with E-state index in [0.29, 0.717) is 5.92 Å². The number of thiophene rings is 1. The minimum atomic E-state index is -1.34. The first-order chi connectivity index (χ1) is 25.7. The Morgan fingerprint density at radius 3 is 2.20 bits per heavy atom. The fraction of sp³-hybridized carbons (Fsp3) is 0.167. The van der Waals surface area contributed by atoms with Gasteiger partial charge in [0.1, 0.15) is 0 Å². The molecule has 0 aliphatic rings. The second-order valence-electron chi connectivity index (χ2n) is 15.2. The third-order valence-electron chi connectivity index (χ3n) is 9.77. The molecule has 0 spiro atoms. The van der Waals surface area contributed by atoms with Crippen molar-refractivity contribution in [3.05, 3.63) is 163 Å². The van der Waals surface area contributed by atoms with E-state index < -0.39 is 8.07 Å². The van der Waals surface area contributed by atoms with Crippen LogP contribution in [-0.4, -0.2) is 22.6 Å². The van der Waals surface area contributed by atoms with Gasteiger partial charge >= 0.3 is 0 Å². The molecule has 3 aromatic heterocycles. The molecular formula is C48H43IrN3SSi-2. The zero-order valence-electron chi connectivity index (χ0n) is 31.4. The third kappa shape index (κ3) is 7.76. The summed E-state index contributed by atoms with van der Waals surface area (Å²) in [5.41, 5.74) is 8.11. The van der Waals surface area contributed by atoms with Gasteiger partial charge in [-0.15, -0.1) is 54.1 Å². The molecule has 0 amide bonds. The van der Waals surface area contributed by atoms with Crippen molar-refractivity contribution in [2.75, 3.05) is 0 Å². The van der Waals surface area contributed by atoms with Crippen LogP contribution < -0.4 is 5.19 Å². The maximum atomic E-state index is 5.19. The van der Waals surface area contributed by atoms with Crippen molar-refractivity contribution in [3.8, 4) is 22.6 Å². The van der Waals surface area contributed by atoms with Gasteiger partial charge in [-0.05, 0) is 67.8 Å². The fourth-order valence-corrected chi connectivity index (χ4v) is 10.0. The average molecular weight is 914 g/mol. The predicted molar refractivity (Wildman–Crippen MR) is 230 cm³/mol. The summed E-state index contributed by atoms with van der Waals surface area (Å²) in [7, 11) is -1.34. The molecule has 3 heterocycles. The Balaban J connectivity index is 0.000000186. The normalized spacial score (nSPS) is 11.6. The van der Waals surface area contributed by atoms with Crippen LogP contribution in [0.5, 0.6) is 0 Å². The number of fused-ring (bicyclic) bond motifs is 5. The van der Waals surface area contributed by atoms with E-state index in [1.54, 1.807) is 0 Å². The topological polar surface area (TPSA) is 30.7 Å². The second kappa shape index (κ2) is 15.9. The van der Waals surface area contributed by atoms with E-state index in [1.807, 2.05) is 35.6 Å². The van der Waals surface area contributed by atoms with Gasteiger partial charge in [0.05, 0.1) is 24.9 Å². The molecular weight excluding hydrogens is 871 g/mol. The Hall–Kier alpha value is -4.71. The van der Waals surface area contributed by atoms with E-state index in [9.17, 15) is 0 Å². The van der Waals surface area contributed by atoms with E-state index in [2.05, 4.69) is 171 Å². The monoisotopic (exact) mass is 914 g/mol. The summed E-state index contributed by atoms with van der Waals surface area (Å²) in [5.74, 6) is 1.64. The van der Waals surface area contributed by atoms with Crippen LogP contribution in [0.1, 0.15) is 25.0 Å². The maximum absolute atomic E-state index is 5.19. The standard InChI is InChI=1S/C30H19N2S.C18H24NSi.Ir/c1-2-9-20(10-3-1)19-32-27-18-22-12-5-4-11-21(22)17-26(27)31-30(32)25-15-8-14-24-23-13-6-7-16-28(23)33-29(24)25;1-14(2)11-16-12-17(15-9-7-6-8-10-15)19-13-18(16)20(3,4)5;/h1-14,16-18H,19H2;6-9,12-14H,11H2,1-5H3;/q2*-1;. The summed E-state index contributed by atoms with van der Waals surface area (Å²) in [6.45, 7) is 12.5. The molecule has 0 N–H and O–H groups in total. The number of hydrogen-bond acceptors (Lipinski definition) is 3. The van der Waals surface area contributed by atoms with Gasteiger partial charge in [-0.3, -0.25) is 4.98 Å². The number of imidazole rings is 1. The molecule has 0 aliphatic carbocycles. The Morgan fingerprint density at radius 1 is 0.741 bits per heavy atom. The molecule has 0 aliphatic heterocycles. The molecule has 6 aromatic carbocycles. The van der Waals surface area contributed by atoms with Crippen LogP contribution in [0, 0.1) is 18.1 Å². The van der Waals surface area contributed by atoms with E-state index >= 15 is 0 Å². The van der Waals surface area contributed by atoms with E-state index in [0.717, 1.165) is 46.6 Å². The van der Waals surface area contributed by atoms with Gasteiger partial charge in [-0.25, -0.2) is 0 Å². The van der Waals surface area contributed by atoms with Crippen molar-refractivity contribution in [3.63, 3.8) is 0 Å². The molecule has 54 heavy (non-hydrogen) atoms. The predicted octanol–water partition coefficient (Wildman–Crippen LogP) is 12.4. The average Bonchev–Trinajstić information content (AvgIpc) is 3.72. The Kier molecular flexibility index (Phi) is 11.1. The molecule has 271 valence electrons. The van der Waals surface area contributed by atoms with Crippen molar-refractivity contribution in [1.29, 1.82) is 0 Å². The number of benzene rings is 6.